The van der Waals surface area contributed by atoms with Crippen molar-refractivity contribution in [2.24, 2.45) is 5.92 Å². The summed E-state index contributed by atoms with van der Waals surface area (Å²) in [4.78, 5) is 21.3. The number of hydrogen-bond donors (Lipinski definition) is 1. The second kappa shape index (κ2) is 7.18. The molecule has 2 fully saturated rings. The lowest BCUT2D eigenvalue weighted by molar-refractivity contribution is 0.168. The Kier molecular flexibility index (Phi) is 5.21. The zero-order valence-corrected chi connectivity index (χ0v) is 15.2. The van der Waals surface area contributed by atoms with Crippen LogP contribution in [0, 0.1) is 5.92 Å². The van der Waals surface area contributed by atoms with Gasteiger partial charge in [0.25, 0.3) is 0 Å². The number of nitrogens with one attached hydrogen (secondary N) is 1. The Morgan fingerprint density at radius 3 is 2.78 bits per heavy atom. The fourth-order valence-corrected chi connectivity index (χ4v) is 4.19. The zero-order chi connectivity index (χ0) is 16.4. The molecule has 128 valence electrons. The highest BCUT2D eigenvalue weighted by atomic mass is 32.1. The van der Waals surface area contributed by atoms with Gasteiger partial charge in [0.2, 0.25) is 0 Å². The number of urea groups is 1. The van der Waals surface area contributed by atoms with Crippen molar-refractivity contribution >= 4 is 17.4 Å². The van der Waals surface area contributed by atoms with Gasteiger partial charge in [-0.15, -0.1) is 11.3 Å². The number of amides is 2. The Morgan fingerprint density at radius 2 is 2.13 bits per heavy atom. The van der Waals surface area contributed by atoms with E-state index in [0.29, 0.717) is 11.8 Å². The van der Waals surface area contributed by atoms with Crippen LogP contribution in [-0.4, -0.2) is 54.5 Å². The SMILES string of the molecule is C[C@H](NC(=O)N(C)CC1CCN(C)CC1)c1csc(C2CC2)n1. The van der Waals surface area contributed by atoms with Gasteiger partial charge in [0.05, 0.1) is 16.7 Å². The normalized spacial score (nSPS) is 21.2. The van der Waals surface area contributed by atoms with Gasteiger partial charge in [-0.3, -0.25) is 0 Å². The predicted octanol–water partition coefficient (Wildman–Crippen LogP) is 3.06. The second-order valence-electron chi connectivity index (χ2n) is 7.18. The maximum absolute atomic E-state index is 12.4. The number of rotatable bonds is 5. The molecule has 1 aromatic rings. The molecule has 2 amide bonds. The number of nitrogens with zero attached hydrogens (tertiary/aromatic N) is 3. The highest BCUT2D eigenvalue weighted by Gasteiger charge is 2.27. The molecular formula is C17H28N4OS. The summed E-state index contributed by atoms with van der Waals surface area (Å²) >= 11 is 1.73. The number of aromatic nitrogens is 1. The van der Waals surface area contributed by atoms with Crippen LogP contribution in [0.1, 0.15) is 55.3 Å². The molecule has 1 aromatic heterocycles. The van der Waals surface area contributed by atoms with Crippen LogP contribution in [0.5, 0.6) is 0 Å². The van der Waals surface area contributed by atoms with E-state index in [4.69, 9.17) is 0 Å². The van der Waals surface area contributed by atoms with E-state index in [2.05, 4.69) is 27.6 Å². The summed E-state index contributed by atoms with van der Waals surface area (Å²) in [7, 11) is 4.06. The largest absolute Gasteiger partial charge is 0.330 e. The lowest BCUT2D eigenvalue weighted by atomic mass is 9.97. The Balaban J connectivity index is 1.46. The monoisotopic (exact) mass is 336 g/mol. The van der Waals surface area contributed by atoms with Gasteiger partial charge < -0.3 is 15.1 Å². The number of carbonyl (C=O) groups is 1. The fraction of sp³-hybridized carbons (Fsp3) is 0.765. The van der Waals surface area contributed by atoms with Gasteiger partial charge in [0, 0.05) is 24.9 Å². The van der Waals surface area contributed by atoms with E-state index in [1.54, 1.807) is 11.3 Å². The Labute approximate surface area is 143 Å². The van der Waals surface area contributed by atoms with Crippen molar-refractivity contribution in [3.05, 3.63) is 16.1 Å². The average molecular weight is 337 g/mol. The first-order valence-corrected chi connectivity index (χ1v) is 9.56. The molecule has 2 heterocycles. The molecule has 3 rings (SSSR count). The van der Waals surface area contributed by atoms with Gasteiger partial charge in [-0.1, -0.05) is 0 Å². The van der Waals surface area contributed by atoms with Crippen LogP contribution in [0.4, 0.5) is 4.79 Å². The van der Waals surface area contributed by atoms with Crippen molar-refractivity contribution < 1.29 is 4.79 Å². The maximum atomic E-state index is 12.4. The van der Waals surface area contributed by atoms with Gasteiger partial charge in [-0.25, -0.2) is 9.78 Å². The first kappa shape index (κ1) is 16.7. The van der Waals surface area contributed by atoms with Crippen LogP contribution in [-0.2, 0) is 0 Å². The van der Waals surface area contributed by atoms with Crippen molar-refractivity contribution in [1.29, 1.82) is 0 Å². The van der Waals surface area contributed by atoms with Crippen LogP contribution in [0.3, 0.4) is 0 Å². The lowest BCUT2D eigenvalue weighted by Gasteiger charge is -2.32. The van der Waals surface area contributed by atoms with E-state index in [0.717, 1.165) is 25.3 Å². The lowest BCUT2D eigenvalue weighted by Crippen LogP contribution is -2.43. The van der Waals surface area contributed by atoms with Gasteiger partial charge in [0.1, 0.15) is 0 Å². The van der Waals surface area contributed by atoms with Gasteiger partial charge in [-0.05, 0) is 58.7 Å². The summed E-state index contributed by atoms with van der Waals surface area (Å²) in [5.41, 5.74) is 0.998. The molecule has 0 aromatic carbocycles. The molecule has 23 heavy (non-hydrogen) atoms. The number of hydrogen-bond acceptors (Lipinski definition) is 4. The molecule has 0 radical (unpaired) electrons. The maximum Gasteiger partial charge on any atom is 0.317 e. The molecular weight excluding hydrogens is 308 g/mol. The van der Waals surface area contributed by atoms with E-state index >= 15 is 0 Å². The summed E-state index contributed by atoms with van der Waals surface area (Å²) in [6.45, 7) is 5.14. The minimum Gasteiger partial charge on any atom is -0.330 e. The third kappa shape index (κ3) is 4.44. The van der Waals surface area contributed by atoms with Crippen LogP contribution in [0.25, 0.3) is 0 Å². The first-order valence-electron chi connectivity index (χ1n) is 8.68. The van der Waals surface area contributed by atoms with Crippen LogP contribution < -0.4 is 5.32 Å². The Bertz CT molecular complexity index is 534. The summed E-state index contributed by atoms with van der Waals surface area (Å²) < 4.78 is 0. The molecule has 1 aliphatic heterocycles. The molecule has 2 aliphatic rings. The zero-order valence-electron chi connectivity index (χ0n) is 14.4. The van der Waals surface area contributed by atoms with Gasteiger partial charge >= 0.3 is 6.03 Å². The van der Waals surface area contributed by atoms with E-state index in [1.165, 1.54) is 30.7 Å². The van der Waals surface area contributed by atoms with Gasteiger partial charge in [0.15, 0.2) is 0 Å². The second-order valence-corrected chi connectivity index (χ2v) is 8.07. The summed E-state index contributed by atoms with van der Waals surface area (Å²) in [6, 6.07) is -0.0106. The van der Waals surface area contributed by atoms with E-state index in [-0.39, 0.29) is 12.1 Å². The van der Waals surface area contributed by atoms with E-state index in [9.17, 15) is 4.79 Å². The van der Waals surface area contributed by atoms with Crippen molar-refractivity contribution in [2.45, 2.75) is 44.6 Å². The molecule has 1 saturated heterocycles. The summed E-state index contributed by atoms with van der Waals surface area (Å²) in [6.07, 6.45) is 4.90. The smallest absolute Gasteiger partial charge is 0.317 e. The fourth-order valence-electron chi connectivity index (χ4n) is 3.10. The topological polar surface area (TPSA) is 48.5 Å². The molecule has 0 spiro atoms. The van der Waals surface area contributed by atoms with E-state index < -0.39 is 0 Å². The average Bonchev–Trinajstić information content (AvgIpc) is 3.26. The van der Waals surface area contributed by atoms with Crippen LogP contribution in [0.15, 0.2) is 5.38 Å². The molecule has 0 unspecified atom stereocenters. The van der Waals surface area contributed by atoms with Crippen LogP contribution >= 0.6 is 11.3 Å². The molecule has 1 atom stereocenters. The number of likely N-dealkylation sites (tertiary alicyclic amines) is 1. The quantitative estimate of drug-likeness (QED) is 0.899. The third-order valence-electron chi connectivity index (χ3n) is 4.97. The molecule has 1 N–H and O–H groups in total. The highest BCUT2D eigenvalue weighted by molar-refractivity contribution is 7.09. The first-order chi connectivity index (χ1) is 11.0. The predicted molar refractivity (Wildman–Crippen MR) is 93.9 cm³/mol. The highest BCUT2D eigenvalue weighted by Crippen LogP contribution is 2.41. The van der Waals surface area contributed by atoms with Crippen molar-refractivity contribution in [3.63, 3.8) is 0 Å². The summed E-state index contributed by atoms with van der Waals surface area (Å²) in [5.74, 6) is 1.31. The van der Waals surface area contributed by atoms with Crippen molar-refractivity contribution in [2.75, 3.05) is 33.7 Å². The molecule has 1 aliphatic carbocycles. The number of piperidine rings is 1. The Morgan fingerprint density at radius 1 is 1.43 bits per heavy atom. The van der Waals surface area contributed by atoms with Gasteiger partial charge in [-0.2, -0.15) is 0 Å². The summed E-state index contributed by atoms with van der Waals surface area (Å²) in [5, 5.41) is 6.42. The molecule has 0 bridgehead atoms. The van der Waals surface area contributed by atoms with Crippen molar-refractivity contribution in [3.8, 4) is 0 Å². The number of carbonyl (C=O) groups excluding carboxylic acids is 1. The molecule has 5 nitrogen and oxygen atoms in total. The molecule has 1 saturated carbocycles. The van der Waals surface area contributed by atoms with Crippen molar-refractivity contribution in [1.82, 2.24) is 20.1 Å². The minimum absolute atomic E-state index is 0.0115. The Hall–Kier alpha value is -1.14. The number of thiazole rings is 1. The van der Waals surface area contributed by atoms with Crippen LogP contribution in [0.2, 0.25) is 0 Å². The molecule has 6 heteroatoms. The third-order valence-corrected chi connectivity index (χ3v) is 5.99. The minimum atomic E-state index is -0.0220. The standard InChI is InChI=1S/C17H28N4OS/c1-12(15-11-23-16(19-15)14-4-5-14)18-17(22)21(3)10-13-6-8-20(2)9-7-13/h11-14H,4-10H2,1-3H3,(H,18,22)/t12-/m0/s1. The van der Waals surface area contributed by atoms with E-state index in [1.807, 2.05) is 18.9 Å².